The maximum absolute atomic E-state index is 11.4. The van der Waals surface area contributed by atoms with E-state index < -0.39 is 5.97 Å². The summed E-state index contributed by atoms with van der Waals surface area (Å²) in [6, 6.07) is 2.95. The van der Waals surface area contributed by atoms with Gasteiger partial charge in [-0.3, -0.25) is 0 Å². The molecule has 2 N–H and O–H groups in total. The summed E-state index contributed by atoms with van der Waals surface area (Å²) in [5.41, 5.74) is 1.05. The Labute approximate surface area is 137 Å². The summed E-state index contributed by atoms with van der Waals surface area (Å²) in [6.07, 6.45) is 0. The molecule has 0 fully saturated rings. The predicted octanol–water partition coefficient (Wildman–Crippen LogP) is 3.04. The number of aromatic hydroxyl groups is 1. The predicted molar refractivity (Wildman–Crippen MR) is 79.6 cm³/mol. The van der Waals surface area contributed by atoms with Crippen LogP contribution in [-0.2, 0) is 10.8 Å². The van der Waals surface area contributed by atoms with Crippen LogP contribution in [0.2, 0.25) is 0 Å². The van der Waals surface area contributed by atoms with E-state index in [4.69, 9.17) is 0 Å². The van der Waals surface area contributed by atoms with Crippen LogP contribution < -0.4 is 0 Å². The van der Waals surface area contributed by atoms with Crippen molar-refractivity contribution in [3.8, 4) is 5.75 Å². The zero-order valence-corrected chi connectivity index (χ0v) is 12.0. The van der Waals surface area contributed by atoms with Gasteiger partial charge in [-0.15, -0.1) is 0 Å². The van der Waals surface area contributed by atoms with Gasteiger partial charge >= 0.3 is 35.5 Å². The Balaban J connectivity index is 0.00000324. The molecule has 0 aliphatic heterocycles. The molecule has 0 unspecified atom stereocenters. The molecule has 0 aliphatic carbocycles. The molecule has 0 spiro atoms. The van der Waals surface area contributed by atoms with Crippen LogP contribution in [0.15, 0.2) is 12.1 Å². The summed E-state index contributed by atoms with van der Waals surface area (Å²) in [4.78, 5) is 11.4. The second kappa shape index (κ2) is 5.86. The molecule has 19 heavy (non-hydrogen) atoms. The van der Waals surface area contributed by atoms with E-state index in [0.717, 1.165) is 5.56 Å². The van der Waals surface area contributed by atoms with Crippen LogP contribution in [0.5, 0.6) is 5.75 Å². The van der Waals surface area contributed by atoms with Gasteiger partial charge in [0.25, 0.3) is 0 Å². The van der Waals surface area contributed by atoms with Crippen LogP contribution in [0, 0.1) is 0 Å². The molecule has 1 aromatic carbocycles. The Hall–Kier alpha value is -0.510. The van der Waals surface area contributed by atoms with E-state index in [1.807, 2.05) is 41.5 Å². The first-order valence-electron chi connectivity index (χ1n) is 6.06. The molecule has 102 valence electrons. The van der Waals surface area contributed by atoms with Crippen LogP contribution in [0.1, 0.15) is 63.0 Å². The fraction of sp³-hybridized carbons (Fsp3) is 0.533. The van der Waals surface area contributed by atoms with E-state index in [-0.39, 0.29) is 51.7 Å². The number of carboxylic acids is 1. The van der Waals surface area contributed by atoms with E-state index in [0.29, 0.717) is 5.56 Å². The Morgan fingerprint density at radius 3 is 1.68 bits per heavy atom. The molecule has 0 aromatic heterocycles. The minimum absolute atomic E-state index is 0. The van der Waals surface area contributed by atoms with Crippen molar-refractivity contribution in [2.45, 2.75) is 52.4 Å². The molecule has 3 nitrogen and oxygen atoms in total. The number of hydrogen-bond donors (Lipinski definition) is 2. The molecule has 0 atom stereocenters. The van der Waals surface area contributed by atoms with Crippen LogP contribution >= 0.6 is 0 Å². The van der Waals surface area contributed by atoms with Crippen molar-refractivity contribution < 1.29 is 15.0 Å². The molecule has 0 saturated heterocycles. The van der Waals surface area contributed by atoms with Crippen molar-refractivity contribution >= 4 is 35.5 Å². The number of carboxylic acid groups (broad SMARTS) is 1. The Morgan fingerprint density at radius 1 is 0.947 bits per heavy atom. The van der Waals surface area contributed by atoms with Crippen LogP contribution in [0.25, 0.3) is 0 Å². The van der Waals surface area contributed by atoms with E-state index in [1.54, 1.807) is 0 Å². The monoisotopic (exact) mass is 274 g/mol. The van der Waals surface area contributed by atoms with E-state index in [9.17, 15) is 15.0 Å². The molecule has 0 aliphatic rings. The summed E-state index contributed by atoms with van der Waals surface area (Å²) in [5, 5.41) is 19.4. The molecule has 1 rings (SSSR count). The fourth-order valence-electron chi connectivity index (χ4n) is 2.31. The van der Waals surface area contributed by atoms with Gasteiger partial charge in [-0.1, -0.05) is 41.5 Å². The number of hydrogen-bond acceptors (Lipinski definition) is 2. The second-order valence-corrected chi connectivity index (χ2v) is 6.69. The van der Waals surface area contributed by atoms with Crippen molar-refractivity contribution in [1.82, 2.24) is 0 Å². The quantitative estimate of drug-likeness (QED) is 0.774. The Kier molecular flexibility index (Phi) is 5.70. The normalized spacial score (nSPS) is 11.9. The van der Waals surface area contributed by atoms with Gasteiger partial charge < -0.3 is 10.2 Å². The van der Waals surface area contributed by atoms with Crippen LogP contribution in [0.3, 0.4) is 0 Å². The first-order chi connectivity index (χ1) is 7.96. The topological polar surface area (TPSA) is 57.5 Å². The number of aromatic carboxylic acids is 1. The molecule has 0 amide bonds. The molecule has 0 heterocycles. The minimum atomic E-state index is -0.953. The third-order valence-corrected chi connectivity index (χ3v) is 2.91. The van der Waals surface area contributed by atoms with Crippen molar-refractivity contribution in [3.05, 3.63) is 28.8 Å². The Bertz CT molecular complexity index is 479. The van der Waals surface area contributed by atoms with Gasteiger partial charge in [-0.05, 0) is 28.5 Å². The summed E-state index contributed by atoms with van der Waals surface area (Å²) >= 11 is 0. The first-order valence-corrected chi connectivity index (χ1v) is 6.06. The van der Waals surface area contributed by atoms with E-state index in [1.165, 1.54) is 12.1 Å². The van der Waals surface area contributed by atoms with E-state index >= 15 is 0 Å². The van der Waals surface area contributed by atoms with Crippen molar-refractivity contribution in [2.24, 2.45) is 0 Å². The average molecular weight is 274 g/mol. The number of carbonyl (C=O) groups is 1. The molecule has 0 radical (unpaired) electrons. The molecular weight excluding hydrogens is 251 g/mol. The zero-order chi connectivity index (χ0) is 14.3. The van der Waals surface area contributed by atoms with Gasteiger partial charge in [-0.25, -0.2) is 4.79 Å². The van der Waals surface area contributed by atoms with Crippen LogP contribution in [-0.4, -0.2) is 45.7 Å². The standard InChI is InChI=1S/C15H22O3.Na.H/c1-14(2,3)11-9(13(17)18)7-8-10(16)12(11)15(4,5)6;;/h7-8,16H,1-6H3,(H,17,18);;. The number of phenols is 1. The van der Waals surface area contributed by atoms with Gasteiger partial charge in [0.15, 0.2) is 0 Å². The molecule has 1 aromatic rings. The summed E-state index contributed by atoms with van der Waals surface area (Å²) in [5.74, 6) is -0.789. The number of phenolic OH excluding ortho intramolecular Hbond substituents is 1. The van der Waals surface area contributed by atoms with Crippen molar-refractivity contribution in [1.29, 1.82) is 0 Å². The second-order valence-electron chi connectivity index (χ2n) is 6.69. The van der Waals surface area contributed by atoms with Gasteiger partial charge in [-0.2, -0.15) is 0 Å². The molecule has 0 bridgehead atoms. The molecular formula is C15H23NaO3. The van der Waals surface area contributed by atoms with Gasteiger partial charge in [0, 0.05) is 5.56 Å². The fourth-order valence-corrected chi connectivity index (χ4v) is 2.31. The first kappa shape index (κ1) is 18.5. The third-order valence-electron chi connectivity index (χ3n) is 2.91. The van der Waals surface area contributed by atoms with Crippen LogP contribution in [0.4, 0.5) is 0 Å². The van der Waals surface area contributed by atoms with E-state index in [2.05, 4.69) is 0 Å². The summed E-state index contributed by atoms with van der Waals surface area (Å²) in [6.45, 7) is 11.8. The SMILES string of the molecule is CC(C)(C)c1c(O)ccc(C(=O)O)c1C(C)(C)C.[NaH]. The summed E-state index contributed by atoms with van der Waals surface area (Å²) < 4.78 is 0. The molecule has 4 heteroatoms. The molecule has 0 saturated carbocycles. The average Bonchev–Trinajstić information content (AvgIpc) is 2.13. The van der Waals surface area contributed by atoms with Crippen molar-refractivity contribution in [3.63, 3.8) is 0 Å². The number of benzene rings is 1. The zero-order valence-electron chi connectivity index (χ0n) is 12.0. The maximum atomic E-state index is 11.4. The number of rotatable bonds is 1. The third kappa shape index (κ3) is 3.98. The Morgan fingerprint density at radius 2 is 1.37 bits per heavy atom. The van der Waals surface area contributed by atoms with Gasteiger partial charge in [0.2, 0.25) is 0 Å². The van der Waals surface area contributed by atoms with Gasteiger partial charge in [0.05, 0.1) is 5.56 Å². The van der Waals surface area contributed by atoms with Crippen molar-refractivity contribution in [2.75, 3.05) is 0 Å². The summed E-state index contributed by atoms with van der Waals surface area (Å²) in [7, 11) is 0. The van der Waals surface area contributed by atoms with Gasteiger partial charge in [0.1, 0.15) is 5.75 Å².